The zero-order valence-electron chi connectivity index (χ0n) is 8.34. The quantitative estimate of drug-likeness (QED) is 0.916. The molecule has 0 radical (unpaired) electrons. The van der Waals surface area contributed by atoms with Crippen molar-refractivity contribution in [3.63, 3.8) is 0 Å². The van der Waals surface area contributed by atoms with Crippen molar-refractivity contribution in [1.82, 2.24) is 0 Å². The molecule has 6 heteroatoms. The molecule has 0 atom stereocenters. The molecule has 1 rings (SSSR count). The predicted molar refractivity (Wildman–Crippen MR) is 63.7 cm³/mol. The summed E-state index contributed by atoms with van der Waals surface area (Å²) >= 11 is 11.6. The standard InChI is InChI=1S/C9H11Cl2NO2S/c1-3-15(13,14)9-7(11)4-6(10)5-8(9)12-2/h4-5,12H,3H2,1-2H3. The van der Waals surface area contributed by atoms with Crippen molar-refractivity contribution in [1.29, 1.82) is 0 Å². The maximum absolute atomic E-state index is 11.7. The van der Waals surface area contributed by atoms with Crippen LogP contribution >= 0.6 is 23.2 Å². The first kappa shape index (κ1) is 12.6. The van der Waals surface area contributed by atoms with E-state index in [4.69, 9.17) is 23.2 Å². The summed E-state index contributed by atoms with van der Waals surface area (Å²) in [7, 11) is -1.72. The van der Waals surface area contributed by atoms with Gasteiger partial charge in [-0.05, 0) is 12.1 Å². The lowest BCUT2D eigenvalue weighted by Crippen LogP contribution is -2.08. The third-order valence-corrected chi connectivity index (χ3v) is 4.42. The van der Waals surface area contributed by atoms with Crippen molar-refractivity contribution < 1.29 is 8.42 Å². The van der Waals surface area contributed by atoms with Crippen LogP contribution in [0.4, 0.5) is 5.69 Å². The van der Waals surface area contributed by atoms with Gasteiger partial charge in [0.15, 0.2) is 9.84 Å². The van der Waals surface area contributed by atoms with Crippen LogP contribution in [0, 0.1) is 0 Å². The first-order valence-corrected chi connectivity index (χ1v) is 6.72. The smallest absolute Gasteiger partial charge is 0.181 e. The Bertz CT molecular complexity index is 471. The Morgan fingerprint density at radius 3 is 2.40 bits per heavy atom. The van der Waals surface area contributed by atoms with Gasteiger partial charge in [0.1, 0.15) is 4.90 Å². The summed E-state index contributed by atoms with van der Waals surface area (Å²) in [6, 6.07) is 2.96. The SMILES string of the molecule is CCS(=O)(=O)c1c(Cl)cc(Cl)cc1NC. The zero-order valence-corrected chi connectivity index (χ0v) is 10.7. The molecule has 1 aromatic rings. The summed E-state index contributed by atoms with van der Waals surface area (Å²) in [5.41, 5.74) is 0.425. The van der Waals surface area contributed by atoms with Gasteiger partial charge in [-0.15, -0.1) is 0 Å². The molecule has 0 fully saturated rings. The van der Waals surface area contributed by atoms with Crippen molar-refractivity contribution in [2.45, 2.75) is 11.8 Å². The second-order valence-corrected chi connectivity index (χ2v) is 5.98. The van der Waals surface area contributed by atoms with Crippen LogP contribution in [0.15, 0.2) is 17.0 Å². The fourth-order valence-electron chi connectivity index (χ4n) is 1.21. The van der Waals surface area contributed by atoms with E-state index in [1.54, 1.807) is 14.0 Å². The maximum Gasteiger partial charge on any atom is 0.181 e. The molecule has 1 aromatic carbocycles. The molecule has 0 aliphatic heterocycles. The van der Waals surface area contributed by atoms with Crippen LogP contribution < -0.4 is 5.32 Å². The van der Waals surface area contributed by atoms with Crippen molar-refractivity contribution in [2.75, 3.05) is 18.1 Å². The second kappa shape index (κ2) is 4.60. The molecule has 0 bridgehead atoms. The summed E-state index contributed by atoms with van der Waals surface area (Å²) in [6.07, 6.45) is 0. The largest absolute Gasteiger partial charge is 0.387 e. The second-order valence-electron chi connectivity index (χ2n) is 2.92. The average molecular weight is 268 g/mol. The van der Waals surface area contributed by atoms with Gasteiger partial charge in [0.25, 0.3) is 0 Å². The van der Waals surface area contributed by atoms with Gasteiger partial charge in [-0.25, -0.2) is 8.42 Å². The number of benzene rings is 1. The van der Waals surface area contributed by atoms with Gasteiger partial charge in [0, 0.05) is 12.1 Å². The monoisotopic (exact) mass is 267 g/mol. The van der Waals surface area contributed by atoms with Gasteiger partial charge in [-0.1, -0.05) is 30.1 Å². The number of hydrogen-bond acceptors (Lipinski definition) is 3. The number of anilines is 1. The van der Waals surface area contributed by atoms with Gasteiger partial charge < -0.3 is 5.32 Å². The molecule has 0 heterocycles. The Balaban J connectivity index is 3.54. The lowest BCUT2D eigenvalue weighted by molar-refractivity contribution is 0.597. The Morgan fingerprint density at radius 1 is 1.33 bits per heavy atom. The Labute approximate surface area is 99.3 Å². The van der Waals surface area contributed by atoms with E-state index in [0.717, 1.165) is 0 Å². The van der Waals surface area contributed by atoms with E-state index in [1.807, 2.05) is 0 Å². The fourth-order valence-corrected chi connectivity index (χ4v) is 3.19. The molecule has 1 N–H and O–H groups in total. The van der Waals surface area contributed by atoms with Gasteiger partial charge in [-0.3, -0.25) is 0 Å². The molecule has 0 saturated heterocycles. The van der Waals surface area contributed by atoms with E-state index in [2.05, 4.69) is 5.32 Å². The first-order chi connectivity index (χ1) is 6.92. The highest BCUT2D eigenvalue weighted by atomic mass is 35.5. The maximum atomic E-state index is 11.7. The number of nitrogens with one attached hydrogen (secondary N) is 1. The molecule has 0 saturated carbocycles. The summed E-state index contributed by atoms with van der Waals surface area (Å²) in [5, 5.41) is 3.32. The molecule has 3 nitrogen and oxygen atoms in total. The van der Waals surface area contributed by atoms with Crippen LogP contribution in [-0.4, -0.2) is 21.2 Å². The number of halogens is 2. The van der Waals surface area contributed by atoms with E-state index < -0.39 is 9.84 Å². The molecule has 0 amide bonds. The molecule has 0 aliphatic carbocycles. The van der Waals surface area contributed by atoms with Crippen molar-refractivity contribution in [2.24, 2.45) is 0 Å². The molecule has 15 heavy (non-hydrogen) atoms. The highest BCUT2D eigenvalue weighted by Crippen LogP contribution is 2.33. The minimum atomic E-state index is -3.34. The molecule has 0 spiro atoms. The Kier molecular flexibility index (Phi) is 3.87. The minimum Gasteiger partial charge on any atom is -0.387 e. The molecular weight excluding hydrogens is 257 g/mol. The summed E-state index contributed by atoms with van der Waals surface area (Å²) < 4.78 is 23.5. The van der Waals surface area contributed by atoms with Crippen molar-refractivity contribution >= 4 is 38.7 Å². The average Bonchev–Trinajstić information content (AvgIpc) is 2.15. The van der Waals surface area contributed by atoms with Crippen molar-refractivity contribution in [3.05, 3.63) is 22.2 Å². The zero-order chi connectivity index (χ0) is 11.6. The van der Waals surface area contributed by atoms with Crippen LogP contribution in [0.5, 0.6) is 0 Å². The predicted octanol–water partition coefficient (Wildman–Crippen LogP) is 2.83. The molecule has 84 valence electrons. The van der Waals surface area contributed by atoms with E-state index in [9.17, 15) is 8.42 Å². The topological polar surface area (TPSA) is 46.2 Å². The summed E-state index contributed by atoms with van der Waals surface area (Å²) in [5.74, 6) is 0.00301. The third kappa shape index (κ3) is 2.56. The van der Waals surface area contributed by atoms with Gasteiger partial charge >= 0.3 is 0 Å². The van der Waals surface area contributed by atoms with Crippen molar-refractivity contribution in [3.8, 4) is 0 Å². The molecule has 0 aromatic heterocycles. The van der Waals surface area contributed by atoms with E-state index >= 15 is 0 Å². The van der Waals surface area contributed by atoms with Crippen LogP contribution in [0.25, 0.3) is 0 Å². The molecular formula is C9H11Cl2NO2S. The van der Waals surface area contributed by atoms with Gasteiger partial charge in [0.2, 0.25) is 0 Å². The number of hydrogen-bond donors (Lipinski definition) is 1. The fraction of sp³-hybridized carbons (Fsp3) is 0.333. The van der Waals surface area contributed by atoms with E-state index in [1.165, 1.54) is 12.1 Å². The molecule has 0 aliphatic rings. The highest BCUT2D eigenvalue weighted by molar-refractivity contribution is 7.91. The summed E-state index contributed by atoms with van der Waals surface area (Å²) in [6.45, 7) is 1.57. The molecule has 0 unspecified atom stereocenters. The van der Waals surface area contributed by atoms with Gasteiger partial charge in [-0.2, -0.15) is 0 Å². The Hall–Kier alpha value is -0.450. The lowest BCUT2D eigenvalue weighted by atomic mass is 10.3. The van der Waals surface area contributed by atoms with E-state index in [-0.39, 0.29) is 15.7 Å². The highest BCUT2D eigenvalue weighted by Gasteiger charge is 2.20. The van der Waals surface area contributed by atoms with Gasteiger partial charge in [0.05, 0.1) is 16.5 Å². The van der Waals surface area contributed by atoms with E-state index in [0.29, 0.717) is 10.7 Å². The first-order valence-electron chi connectivity index (χ1n) is 4.32. The third-order valence-electron chi connectivity index (χ3n) is 1.97. The van der Waals surface area contributed by atoms with Crippen LogP contribution in [-0.2, 0) is 9.84 Å². The van der Waals surface area contributed by atoms with Crippen LogP contribution in [0.1, 0.15) is 6.92 Å². The minimum absolute atomic E-state index is 0.00301. The summed E-state index contributed by atoms with van der Waals surface area (Å²) in [4.78, 5) is 0.110. The normalized spacial score (nSPS) is 11.5. The lowest BCUT2D eigenvalue weighted by Gasteiger charge is -2.11. The Morgan fingerprint density at radius 2 is 1.93 bits per heavy atom. The number of sulfone groups is 1. The van der Waals surface area contributed by atoms with Crippen LogP contribution in [0.2, 0.25) is 10.0 Å². The van der Waals surface area contributed by atoms with Crippen LogP contribution in [0.3, 0.4) is 0 Å². The number of rotatable bonds is 3.